The number of ketones is 2. The molecule has 4 aliphatic carbocycles. The minimum atomic E-state index is -0.495. The zero-order chi connectivity index (χ0) is 15.7. The van der Waals surface area contributed by atoms with Crippen LogP contribution in [0.4, 0.5) is 0 Å². The van der Waals surface area contributed by atoms with Gasteiger partial charge in [-0.15, -0.1) is 0 Å². The van der Waals surface area contributed by atoms with Crippen molar-refractivity contribution in [3.63, 3.8) is 0 Å². The summed E-state index contributed by atoms with van der Waals surface area (Å²) in [7, 11) is 0. The van der Waals surface area contributed by atoms with Crippen molar-refractivity contribution in [3.8, 4) is 0 Å². The number of rotatable bonds is 0. The molecule has 0 radical (unpaired) electrons. The largest absolute Gasteiger partial charge is 0.392 e. The minimum Gasteiger partial charge on any atom is -0.392 e. The SMILES string of the molecule is C[C@]12C(=O)C[C@H](O)CC1=CC[C@@H]1[C@@H]2CC[C@]2(C)C(=O)CC[C@@H]12. The highest BCUT2D eigenvalue weighted by molar-refractivity contribution is 5.90. The van der Waals surface area contributed by atoms with Crippen molar-refractivity contribution < 1.29 is 14.7 Å². The number of aliphatic hydroxyl groups excluding tert-OH is 1. The zero-order valence-electron chi connectivity index (χ0n) is 13.6. The van der Waals surface area contributed by atoms with E-state index in [9.17, 15) is 14.7 Å². The molecule has 0 bridgehead atoms. The number of hydrogen-bond acceptors (Lipinski definition) is 3. The number of aliphatic hydroxyl groups is 1. The van der Waals surface area contributed by atoms with E-state index in [1.165, 1.54) is 5.57 Å². The van der Waals surface area contributed by atoms with E-state index in [0.717, 1.165) is 32.1 Å². The van der Waals surface area contributed by atoms with Gasteiger partial charge in [-0.2, -0.15) is 0 Å². The maximum atomic E-state index is 12.8. The highest BCUT2D eigenvalue weighted by atomic mass is 16.3. The van der Waals surface area contributed by atoms with Crippen molar-refractivity contribution in [2.45, 2.75) is 64.9 Å². The van der Waals surface area contributed by atoms with Gasteiger partial charge in [-0.1, -0.05) is 18.6 Å². The number of carbonyl (C=O) groups excluding carboxylic acids is 2. The third kappa shape index (κ3) is 1.66. The molecule has 0 amide bonds. The molecule has 3 saturated carbocycles. The number of carbonyl (C=O) groups is 2. The van der Waals surface area contributed by atoms with Crippen molar-refractivity contribution in [1.82, 2.24) is 0 Å². The van der Waals surface area contributed by atoms with E-state index in [2.05, 4.69) is 19.9 Å². The average Bonchev–Trinajstić information content (AvgIpc) is 2.77. The summed E-state index contributed by atoms with van der Waals surface area (Å²) in [6, 6.07) is 0. The van der Waals surface area contributed by atoms with Gasteiger partial charge in [0.15, 0.2) is 0 Å². The zero-order valence-corrected chi connectivity index (χ0v) is 13.6. The highest BCUT2D eigenvalue weighted by Crippen LogP contribution is 2.63. The van der Waals surface area contributed by atoms with Gasteiger partial charge in [0, 0.05) is 18.3 Å². The minimum absolute atomic E-state index is 0.139. The van der Waals surface area contributed by atoms with Crippen LogP contribution in [0.2, 0.25) is 0 Å². The summed E-state index contributed by atoms with van der Waals surface area (Å²) in [6.07, 6.45) is 7.35. The predicted octanol–water partition coefficient (Wildman–Crippen LogP) is 3.06. The Bertz CT molecular complexity index is 577. The van der Waals surface area contributed by atoms with Gasteiger partial charge >= 0.3 is 0 Å². The van der Waals surface area contributed by atoms with Gasteiger partial charge in [0.1, 0.15) is 11.6 Å². The van der Waals surface area contributed by atoms with Gasteiger partial charge in [0.05, 0.1) is 11.5 Å². The van der Waals surface area contributed by atoms with Crippen molar-refractivity contribution in [1.29, 1.82) is 0 Å². The van der Waals surface area contributed by atoms with E-state index in [0.29, 0.717) is 36.4 Å². The number of allylic oxidation sites excluding steroid dienone is 1. The summed E-state index contributed by atoms with van der Waals surface area (Å²) >= 11 is 0. The Kier molecular flexibility index (Phi) is 3.01. The molecular weight excluding hydrogens is 276 g/mol. The van der Waals surface area contributed by atoms with E-state index < -0.39 is 6.10 Å². The predicted molar refractivity (Wildman–Crippen MR) is 83.1 cm³/mol. The third-order valence-corrected chi connectivity index (χ3v) is 7.65. The van der Waals surface area contributed by atoms with E-state index in [1.54, 1.807) is 0 Å². The Morgan fingerprint density at radius 2 is 1.86 bits per heavy atom. The van der Waals surface area contributed by atoms with E-state index in [-0.39, 0.29) is 16.6 Å². The molecule has 3 fully saturated rings. The topological polar surface area (TPSA) is 54.4 Å². The molecule has 0 spiro atoms. The lowest BCUT2D eigenvalue weighted by atomic mass is 9.47. The van der Waals surface area contributed by atoms with Gasteiger partial charge in [0.2, 0.25) is 0 Å². The molecule has 0 aromatic heterocycles. The molecule has 0 heterocycles. The Labute approximate surface area is 132 Å². The first kappa shape index (κ1) is 14.6. The second kappa shape index (κ2) is 4.53. The molecule has 1 N–H and O–H groups in total. The lowest BCUT2D eigenvalue weighted by Crippen LogP contribution is -2.54. The van der Waals surface area contributed by atoms with Crippen LogP contribution < -0.4 is 0 Å². The molecule has 6 atom stereocenters. The van der Waals surface area contributed by atoms with Crippen LogP contribution in [0.15, 0.2) is 11.6 Å². The molecule has 0 aromatic rings. The second-order valence-electron chi connectivity index (χ2n) is 8.45. The molecule has 0 aromatic carbocycles. The normalized spacial score (nSPS) is 51.0. The summed E-state index contributed by atoms with van der Waals surface area (Å²) in [5.74, 6) is 1.96. The first-order valence-electron chi connectivity index (χ1n) is 8.81. The van der Waals surface area contributed by atoms with E-state index >= 15 is 0 Å². The monoisotopic (exact) mass is 302 g/mol. The summed E-state index contributed by atoms with van der Waals surface area (Å²) in [5.41, 5.74) is 0.653. The number of hydrogen-bond donors (Lipinski definition) is 1. The van der Waals surface area contributed by atoms with Gasteiger partial charge in [0.25, 0.3) is 0 Å². The fourth-order valence-corrected chi connectivity index (χ4v) is 6.27. The lowest BCUT2D eigenvalue weighted by Gasteiger charge is -2.55. The Balaban J connectivity index is 1.74. The standard InChI is InChI=1S/C19H26O3/c1-18-8-7-15-13(14(18)5-6-16(18)21)4-3-11-9-12(20)10-17(22)19(11,15)2/h3,12-15,20H,4-10H2,1-2H3/t12-,13+,14+,15+,18+,19+/m1/s1. The molecule has 120 valence electrons. The fraction of sp³-hybridized carbons (Fsp3) is 0.789. The van der Waals surface area contributed by atoms with E-state index in [4.69, 9.17) is 0 Å². The number of Topliss-reactive ketones (excluding diaryl/α,β-unsaturated/α-hetero) is 2. The van der Waals surface area contributed by atoms with Crippen LogP contribution in [0.5, 0.6) is 0 Å². The molecule has 0 unspecified atom stereocenters. The van der Waals surface area contributed by atoms with Gasteiger partial charge in [-0.05, 0) is 56.8 Å². The molecule has 3 nitrogen and oxygen atoms in total. The summed E-state index contributed by atoms with van der Waals surface area (Å²) in [5, 5.41) is 9.95. The maximum Gasteiger partial charge on any atom is 0.145 e. The molecule has 0 saturated heterocycles. The maximum absolute atomic E-state index is 12.8. The van der Waals surface area contributed by atoms with Crippen LogP contribution in [-0.2, 0) is 9.59 Å². The quantitative estimate of drug-likeness (QED) is 0.700. The molecule has 4 aliphatic rings. The molecular formula is C19H26O3. The van der Waals surface area contributed by atoms with Gasteiger partial charge in [-0.25, -0.2) is 0 Å². The number of fused-ring (bicyclic) bond motifs is 5. The third-order valence-electron chi connectivity index (χ3n) is 7.65. The van der Waals surface area contributed by atoms with Crippen molar-refractivity contribution in [2.75, 3.05) is 0 Å². The van der Waals surface area contributed by atoms with Crippen molar-refractivity contribution >= 4 is 11.6 Å². The summed E-state index contributed by atoms with van der Waals surface area (Å²) < 4.78 is 0. The molecule has 22 heavy (non-hydrogen) atoms. The average molecular weight is 302 g/mol. The van der Waals surface area contributed by atoms with Crippen LogP contribution >= 0.6 is 0 Å². The Morgan fingerprint density at radius 1 is 1.09 bits per heavy atom. The van der Waals surface area contributed by atoms with Gasteiger partial charge < -0.3 is 5.11 Å². The lowest BCUT2D eigenvalue weighted by molar-refractivity contribution is -0.141. The van der Waals surface area contributed by atoms with Crippen LogP contribution in [0.1, 0.15) is 58.8 Å². The van der Waals surface area contributed by atoms with Gasteiger partial charge in [-0.3, -0.25) is 9.59 Å². The van der Waals surface area contributed by atoms with Crippen LogP contribution in [0.3, 0.4) is 0 Å². The summed E-state index contributed by atoms with van der Waals surface area (Å²) in [4.78, 5) is 25.1. The van der Waals surface area contributed by atoms with Crippen molar-refractivity contribution in [3.05, 3.63) is 11.6 Å². The van der Waals surface area contributed by atoms with E-state index in [1.807, 2.05) is 0 Å². The Hall–Kier alpha value is -0.960. The first-order valence-corrected chi connectivity index (χ1v) is 8.81. The van der Waals surface area contributed by atoms with Crippen LogP contribution in [0.25, 0.3) is 0 Å². The summed E-state index contributed by atoms with van der Waals surface area (Å²) in [6.45, 7) is 4.28. The molecule has 3 heteroatoms. The Morgan fingerprint density at radius 3 is 2.64 bits per heavy atom. The highest BCUT2D eigenvalue weighted by Gasteiger charge is 2.60. The fourth-order valence-electron chi connectivity index (χ4n) is 6.27. The molecule has 0 aliphatic heterocycles. The van der Waals surface area contributed by atoms with Crippen LogP contribution in [0, 0.1) is 28.6 Å². The van der Waals surface area contributed by atoms with Crippen molar-refractivity contribution in [2.24, 2.45) is 28.6 Å². The smallest absolute Gasteiger partial charge is 0.145 e. The first-order chi connectivity index (χ1) is 10.4. The molecule has 4 rings (SSSR count). The van der Waals surface area contributed by atoms with Crippen LogP contribution in [-0.4, -0.2) is 22.8 Å². The second-order valence-corrected chi connectivity index (χ2v) is 8.45.